The number of halogens is 1. The van der Waals surface area contributed by atoms with Gasteiger partial charge in [0.15, 0.2) is 0 Å². The lowest BCUT2D eigenvalue weighted by Gasteiger charge is -2.03. The second-order valence-corrected chi connectivity index (χ2v) is 4.76. The first-order valence-electron chi connectivity index (χ1n) is 5.68. The summed E-state index contributed by atoms with van der Waals surface area (Å²) in [5.74, 6) is -0.419. The van der Waals surface area contributed by atoms with E-state index in [0.29, 0.717) is 33.2 Å². The molecule has 1 aromatic heterocycles. The molecule has 0 unspecified atom stereocenters. The van der Waals surface area contributed by atoms with E-state index in [1.165, 1.54) is 4.57 Å². The third-order valence-electron chi connectivity index (χ3n) is 2.83. The van der Waals surface area contributed by atoms with Gasteiger partial charge in [-0.2, -0.15) is 0 Å². The fourth-order valence-corrected chi connectivity index (χ4v) is 2.46. The van der Waals surface area contributed by atoms with Crippen LogP contribution in [0.4, 0.5) is 4.79 Å². The number of nitrogens with zero attached hydrogens (tertiary/aromatic N) is 1. The third kappa shape index (κ3) is 2.23. The summed E-state index contributed by atoms with van der Waals surface area (Å²) in [5.41, 5.74) is 1.51. The van der Waals surface area contributed by atoms with Crippen molar-refractivity contribution in [1.82, 2.24) is 4.57 Å². The van der Waals surface area contributed by atoms with Crippen molar-refractivity contribution in [2.75, 3.05) is 6.61 Å². The zero-order chi connectivity index (χ0) is 14.2. The van der Waals surface area contributed by atoms with Crippen molar-refractivity contribution in [1.29, 1.82) is 0 Å². The Bertz CT molecular complexity index is 675. The average molecular weight is 326 g/mol. The normalized spacial score (nSPS) is 10.7. The molecule has 0 bridgehead atoms. The molecule has 19 heavy (non-hydrogen) atoms. The number of rotatable bonds is 2. The molecule has 1 heterocycles. The molecule has 0 saturated heterocycles. The predicted octanol–water partition coefficient (Wildman–Crippen LogP) is 3.42. The largest absolute Gasteiger partial charge is 0.464 e. The summed E-state index contributed by atoms with van der Waals surface area (Å²) >= 11 is 3.36. The van der Waals surface area contributed by atoms with Crippen LogP contribution in [0.3, 0.4) is 0 Å². The summed E-state index contributed by atoms with van der Waals surface area (Å²) < 4.78 is 6.76. The summed E-state index contributed by atoms with van der Waals surface area (Å²) in [6.07, 6.45) is -1.06. The van der Waals surface area contributed by atoms with Crippen molar-refractivity contribution in [3.8, 4) is 0 Å². The second kappa shape index (κ2) is 5.05. The van der Waals surface area contributed by atoms with E-state index in [1.54, 1.807) is 32.0 Å². The van der Waals surface area contributed by atoms with Gasteiger partial charge in [0.05, 0.1) is 17.7 Å². The molecule has 2 rings (SSSR count). The molecule has 0 fully saturated rings. The Morgan fingerprint density at radius 1 is 1.42 bits per heavy atom. The number of hydrogen-bond acceptors (Lipinski definition) is 3. The molecule has 0 saturated carbocycles. The molecule has 0 aliphatic carbocycles. The number of carbonyl (C=O) groups excluding carboxylic acids is 1. The molecule has 100 valence electrons. The molecule has 0 amide bonds. The van der Waals surface area contributed by atoms with Gasteiger partial charge >= 0.3 is 12.1 Å². The van der Waals surface area contributed by atoms with E-state index in [1.807, 2.05) is 0 Å². The highest BCUT2D eigenvalue weighted by Gasteiger charge is 2.18. The van der Waals surface area contributed by atoms with E-state index in [2.05, 4.69) is 15.9 Å². The van der Waals surface area contributed by atoms with Crippen LogP contribution in [0.25, 0.3) is 10.9 Å². The van der Waals surface area contributed by atoms with Crippen LogP contribution in [0.5, 0.6) is 0 Å². The first-order valence-corrected chi connectivity index (χ1v) is 6.47. The molecular formula is C13H12BrNO4. The van der Waals surface area contributed by atoms with Crippen molar-refractivity contribution in [2.45, 2.75) is 13.8 Å². The van der Waals surface area contributed by atoms with Gasteiger partial charge < -0.3 is 9.84 Å². The van der Waals surface area contributed by atoms with Crippen molar-refractivity contribution in [2.24, 2.45) is 0 Å². The van der Waals surface area contributed by atoms with Crippen molar-refractivity contribution >= 4 is 38.9 Å². The molecule has 6 heteroatoms. The Balaban J connectivity index is 2.65. The minimum atomic E-state index is -1.06. The van der Waals surface area contributed by atoms with Crippen molar-refractivity contribution < 1.29 is 19.4 Å². The first-order chi connectivity index (χ1) is 8.97. The standard InChI is InChI=1S/C13H12BrNO4/c1-3-19-12(16)8-4-5-10-9(6-8)11(14)7(2)15(10)13(17)18/h4-6H,3H2,1-2H3,(H,17,18). The van der Waals surface area contributed by atoms with Gasteiger partial charge in [0.25, 0.3) is 0 Å². The quantitative estimate of drug-likeness (QED) is 0.859. The number of hydrogen-bond donors (Lipinski definition) is 1. The summed E-state index contributed by atoms with van der Waals surface area (Å²) in [6.45, 7) is 3.73. The van der Waals surface area contributed by atoms with E-state index in [9.17, 15) is 14.7 Å². The molecule has 0 radical (unpaired) electrons. The lowest BCUT2D eigenvalue weighted by molar-refractivity contribution is 0.0526. The number of carbonyl (C=O) groups is 2. The average Bonchev–Trinajstić information content (AvgIpc) is 2.62. The minimum absolute atomic E-state index is 0.299. The van der Waals surface area contributed by atoms with Crippen molar-refractivity contribution in [3.63, 3.8) is 0 Å². The van der Waals surface area contributed by atoms with Crippen LogP contribution in [0.1, 0.15) is 23.0 Å². The molecule has 0 spiro atoms. The minimum Gasteiger partial charge on any atom is -0.464 e. The van der Waals surface area contributed by atoms with Crippen LogP contribution in [-0.4, -0.2) is 28.3 Å². The van der Waals surface area contributed by atoms with Gasteiger partial charge in [-0.25, -0.2) is 14.2 Å². The van der Waals surface area contributed by atoms with Crippen LogP contribution in [0.15, 0.2) is 22.7 Å². The van der Waals surface area contributed by atoms with Crippen molar-refractivity contribution in [3.05, 3.63) is 33.9 Å². The predicted molar refractivity (Wildman–Crippen MR) is 73.8 cm³/mol. The molecule has 2 aromatic rings. The molecule has 0 aliphatic heterocycles. The zero-order valence-electron chi connectivity index (χ0n) is 10.4. The van der Waals surface area contributed by atoms with Gasteiger partial charge in [-0.3, -0.25) is 0 Å². The second-order valence-electron chi connectivity index (χ2n) is 3.97. The number of fused-ring (bicyclic) bond motifs is 1. The number of aromatic nitrogens is 1. The maximum atomic E-state index is 11.7. The fraction of sp³-hybridized carbons (Fsp3) is 0.231. The Morgan fingerprint density at radius 3 is 2.68 bits per heavy atom. The maximum absolute atomic E-state index is 11.7. The van der Waals surface area contributed by atoms with Gasteiger partial charge in [-0.15, -0.1) is 0 Å². The molecule has 0 atom stereocenters. The Labute approximate surface area is 117 Å². The Hall–Kier alpha value is -1.82. The van der Waals surface area contributed by atoms with Gasteiger partial charge in [0.2, 0.25) is 0 Å². The third-order valence-corrected chi connectivity index (χ3v) is 3.83. The van der Waals surface area contributed by atoms with E-state index in [4.69, 9.17) is 4.74 Å². The van der Waals surface area contributed by atoms with Gasteiger partial charge in [0, 0.05) is 15.6 Å². The lowest BCUT2D eigenvalue weighted by atomic mass is 10.1. The summed E-state index contributed by atoms with van der Waals surface area (Å²) in [6, 6.07) is 4.79. The van der Waals surface area contributed by atoms with Crippen LogP contribution in [0, 0.1) is 6.92 Å². The summed E-state index contributed by atoms with van der Waals surface area (Å²) in [4.78, 5) is 22.9. The van der Waals surface area contributed by atoms with Crippen LogP contribution < -0.4 is 0 Å². The smallest absolute Gasteiger partial charge is 0.416 e. The summed E-state index contributed by atoms with van der Waals surface area (Å²) in [7, 11) is 0. The highest BCUT2D eigenvalue weighted by Crippen LogP contribution is 2.31. The molecule has 1 N–H and O–H groups in total. The van der Waals surface area contributed by atoms with Crippen LogP contribution >= 0.6 is 15.9 Å². The van der Waals surface area contributed by atoms with E-state index >= 15 is 0 Å². The zero-order valence-corrected chi connectivity index (χ0v) is 12.0. The van der Waals surface area contributed by atoms with E-state index in [-0.39, 0.29) is 0 Å². The number of esters is 1. The van der Waals surface area contributed by atoms with E-state index in [0.717, 1.165) is 0 Å². The Kier molecular flexibility index (Phi) is 3.61. The van der Waals surface area contributed by atoms with Crippen LogP contribution in [-0.2, 0) is 4.74 Å². The summed E-state index contributed by atoms with van der Waals surface area (Å²) in [5, 5.41) is 9.86. The topological polar surface area (TPSA) is 68.5 Å². The SMILES string of the molecule is CCOC(=O)c1ccc2c(c1)c(Br)c(C)n2C(=O)O. The highest BCUT2D eigenvalue weighted by atomic mass is 79.9. The molecule has 1 aromatic carbocycles. The number of carboxylic acid groups (broad SMARTS) is 1. The first kappa shape index (κ1) is 13.6. The highest BCUT2D eigenvalue weighted by molar-refractivity contribution is 9.10. The maximum Gasteiger partial charge on any atom is 0.416 e. The number of benzene rings is 1. The lowest BCUT2D eigenvalue weighted by Crippen LogP contribution is -2.09. The fourth-order valence-electron chi connectivity index (χ4n) is 1.97. The van der Waals surface area contributed by atoms with Gasteiger partial charge in [0.1, 0.15) is 0 Å². The molecule has 5 nitrogen and oxygen atoms in total. The molecule has 0 aliphatic rings. The monoisotopic (exact) mass is 325 g/mol. The van der Waals surface area contributed by atoms with Crippen LogP contribution in [0.2, 0.25) is 0 Å². The van der Waals surface area contributed by atoms with Gasteiger partial charge in [-0.05, 0) is 48.0 Å². The Morgan fingerprint density at radius 2 is 2.11 bits per heavy atom. The van der Waals surface area contributed by atoms with Gasteiger partial charge in [-0.1, -0.05) is 0 Å². The molecular weight excluding hydrogens is 314 g/mol. The van der Waals surface area contributed by atoms with E-state index < -0.39 is 12.1 Å². The number of ether oxygens (including phenoxy) is 1.